The summed E-state index contributed by atoms with van der Waals surface area (Å²) in [5, 5.41) is 0. The number of fused-ring (bicyclic) bond motifs is 1. The molecule has 2 radical (unpaired) electrons. The van der Waals surface area contributed by atoms with Crippen molar-refractivity contribution < 1.29 is 0 Å². The minimum atomic E-state index is 0.140. The van der Waals surface area contributed by atoms with Crippen LogP contribution in [0.25, 0.3) is 0 Å². The molecule has 1 fully saturated rings. The minimum absolute atomic E-state index is 0.140. The Morgan fingerprint density at radius 1 is 1.33 bits per heavy atom. The Morgan fingerprint density at radius 3 is 2.62 bits per heavy atom. The maximum atomic E-state index is 6.42. The van der Waals surface area contributed by atoms with Gasteiger partial charge in [0.15, 0.2) is 0 Å². The van der Waals surface area contributed by atoms with E-state index in [-0.39, 0.29) is 8.17 Å². The molecule has 3 heteroatoms. The van der Waals surface area contributed by atoms with Crippen LogP contribution in [0, 0.1) is 11.3 Å². The van der Waals surface area contributed by atoms with Crippen molar-refractivity contribution in [2.75, 3.05) is 0 Å². The SMILES string of the molecule is [B]C1=C(C)CCC2(S)CCCC(C)(C(C)CC)CC2(I)C1. The Morgan fingerprint density at radius 2 is 2.00 bits per heavy atom. The molecule has 0 bridgehead atoms. The summed E-state index contributed by atoms with van der Waals surface area (Å²) < 4.78 is 0.339. The lowest BCUT2D eigenvalue weighted by Crippen LogP contribution is -2.47. The molecule has 0 amide bonds. The molecule has 0 aromatic carbocycles. The quantitative estimate of drug-likeness (QED) is 0.240. The Balaban J connectivity index is 2.40. The van der Waals surface area contributed by atoms with Crippen molar-refractivity contribution in [2.24, 2.45) is 11.3 Å². The van der Waals surface area contributed by atoms with E-state index in [0.29, 0.717) is 5.41 Å². The summed E-state index contributed by atoms with van der Waals surface area (Å²) in [4.78, 5) is 0. The topological polar surface area (TPSA) is 0 Å². The molecule has 1 saturated carbocycles. The molecular formula is C18H30BIS. The third-order valence-corrected chi connectivity index (χ3v) is 9.69. The molecule has 2 aliphatic carbocycles. The Kier molecular flexibility index (Phi) is 5.57. The maximum Gasteiger partial charge on any atom is 0.107 e. The van der Waals surface area contributed by atoms with E-state index in [2.05, 4.69) is 50.3 Å². The van der Waals surface area contributed by atoms with Gasteiger partial charge in [-0.25, -0.2) is 0 Å². The zero-order valence-corrected chi connectivity index (χ0v) is 17.2. The van der Waals surface area contributed by atoms with Crippen LogP contribution in [0.2, 0.25) is 0 Å². The van der Waals surface area contributed by atoms with Crippen molar-refractivity contribution in [3.05, 3.63) is 11.0 Å². The Bertz CT molecular complexity index is 435. The Labute approximate surface area is 152 Å². The summed E-state index contributed by atoms with van der Waals surface area (Å²) in [6.45, 7) is 9.50. The lowest BCUT2D eigenvalue weighted by molar-refractivity contribution is 0.151. The zero-order chi connectivity index (χ0) is 15.9. The zero-order valence-electron chi connectivity index (χ0n) is 14.1. The van der Waals surface area contributed by atoms with Crippen LogP contribution in [0.15, 0.2) is 11.0 Å². The first-order chi connectivity index (χ1) is 9.66. The molecule has 0 aromatic rings. The fourth-order valence-electron chi connectivity index (χ4n) is 4.40. The number of allylic oxidation sites excluding steroid dienone is 2. The molecule has 118 valence electrons. The van der Waals surface area contributed by atoms with Crippen LogP contribution >= 0.6 is 35.2 Å². The highest BCUT2D eigenvalue weighted by Gasteiger charge is 2.53. The van der Waals surface area contributed by atoms with Crippen LogP contribution in [-0.4, -0.2) is 16.0 Å². The van der Waals surface area contributed by atoms with Crippen LogP contribution in [0.4, 0.5) is 0 Å². The molecule has 2 aliphatic rings. The van der Waals surface area contributed by atoms with Crippen molar-refractivity contribution in [1.82, 2.24) is 0 Å². The predicted octanol–water partition coefficient (Wildman–Crippen LogP) is 6.08. The molecule has 0 heterocycles. The third-order valence-electron chi connectivity index (χ3n) is 6.59. The molecule has 2 rings (SSSR count). The second kappa shape index (κ2) is 6.41. The van der Waals surface area contributed by atoms with Crippen LogP contribution < -0.4 is 0 Å². The summed E-state index contributed by atoms with van der Waals surface area (Å²) in [5.41, 5.74) is 2.96. The lowest BCUT2D eigenvalue weighted by atomic mass is 9.66. The van der Waals surface area contributed by atoms with Gasteiger partial charge < -0.3 is 0 Å². The average molecular weight is 416 g/mol. The smallest absolute Gasteiger partial charge is 0.107 e. The molecule has 4 unspecified atom stereocenters. The van der Waals surface area contributed by atoms with Crippen molar-refractivity contribution in [3.63, 3.8) is 0 Å². The van der Waals surface area contributed by atoms with E-state index >= 15 is 0 Å². The van der Waals surface area contributed by atoms with E-state index < -0.39 is 0 Å². The molecule has 0 saturated heterocycles. The molecule has 0 aliphatic heterocycles. The molecule has 4 atom stereocenters. The third kappa shape index (κ3) is 3.39. The van der Waals surface area contributed by atoms with Gasteiger partial charge in [-0.3, -0.25) is 0 Å². The molecule has 0 nitrogen and oxygen atoms in total. The average Bonchev–Trinajstić information content (AvgIpc) is 2.56. The largest absolute Gasteiger partial charge is 0.171 e. The second-order valence-corrected chi connectivity index (χ2v) is 10.9. The van der Waals surface area contributed by atoms with Crippen LogP contribution in [0.1, 0.15) is 79.1 Å². The predicted molar refractivity (Wildman–Crippen MR) is 107 cm³/mol. The highest BCUT2D eigenvalue weighted by Crippen LogP contribution is 2.59. The van der Waals surface area contributed by atoms with Crippen molar-refractivity contribution in [3.8, 4) is 0 Å². The molecule has 0 N–H and O–H groups in total. The van der Waals surface area contributed by atoms with Gasteiger partial charge in [-0.1, -0.05) is 61.8 Å². The highest BCUT2D eigenvalue weighted by atomic mass is 127. The number of rotatable bonds is 2. The minimum Gasteiger partial charge on any atom is -0.171 e. The summed E-state index contributed by atoms with van der Waals surface area (Å²) in [6.07, 6.45) is 9.76. The second-order valence-electron chi connectivity index (χ2n) is 7.97. The molecule has 0 aromatic heterocycles. The fraction of sp³-hybridized carbons (Fsp3) is 0.889. The summed E-state index contributed by atoms with van der Waals surface area (Å²) in [5.74, 6) is 0.773. The summed E-state index contributed by atoms with van der Waals surface area (Å²) in [7, 11) is 6.42. The first-order valence-electron chi connectivity index (χ1n) is 8.51. The van der Waals surface area contributed by atoms with Gasteiger partial charge in [-0.05, 0) is 56.8 Å². The first kappa shape index (κ1) is 18.2. The van der Waals surface area contributed by atoms with Crippen LogP contribution in [0.3, 0.4) is 0 Å². The van der Waals surface area contributed by atoms with E-state index in [1.165, 1.54) is 44.1 Å². The van der Waals surface area contributed by atoms with Gasteiger partial charge in [0.05, 0.1) is 0 Å². The fourth-order valence-corrected chi connectivity index (χ4v) is 6.65. The number of alkyl halides is 1. The van der Waals surface area contributed by atoms with Gasteiger partial charge >= 0.3 is 0 Å². The standard InChI is InChI=1S/C18H30BIS/c1-5-14(3)16(4)8-6-9-18(21)10-7-13(2)15(19)11-17(18,20)12-16/h14,21H,5-12H2,1-4H3. The normalized spacial score (nSPS) is 43.0. The Hall–Kier alpha value is 0.885. The molecule has 21 heavy (non-hydrogen) atoms. The van der Waals surface area contributed by atoms with E-state index in [4.69, 9.17) is 20.5 Å². The molecular weight excluding hydrogens is 386 g/mol. The van der Waals surface area contributed by atoms with E-state index in [0.717, 1.165) is 24.2 Å². The highest BCUT2D eigenvalue weighted by molar-refractivity contribution is 14.1. The van der Waals surface area contributed by atoms with Gasteiger partial charge in [-0.2, -0.15) is 12.6 Å². The van der Waals surface area contributed by atoms with Gasteiger partial charge in [0.25, 0.3) is 0 Å². The van der Waals surface area contributed by atoms with Crippen molar-refractivity contribution in [2.45, 2.75) is 87.2 Å². The van der Waals surface area contributed by atoms with Gasteiger partial charge in [-0.15, -0.1) is 5.47 Å². The monoisotopic (exact) mass is 416 g/mol. The lowest BCUT2D eigenvalue weighted by Gasteiger charge is -2.47. The summed E-state index contributed by atoms with van der Waals surface area (Å²) in [6, 6.07) is 0. The number of hydrogen-bond donors (Lipinski definition) is 1. The van der Waals surface area contributed by atoms with E-state index in [1.54, 1.807) is 0 Å². The van der Waals surface area contributed by atoms with Crippen LogP contribution in [0.5, 0.6) is 0 Å². The van der Waals surface area contributed by atoms with E-state index in [1.807, 2.05) is 0 Å². The number of thiol groups is 1. The van der Waals surface area contributed by atoms with Crippen molar-refractivity contribution in [1.29, 1.82) is 0 Å². The van der Waals surface area contributed by atoms with Crippen LogP contribution in [-0.2, 0) is 0 Å². The van der Waals surface area contributed by atoms with Gasteiger partial charge in [0.1, 0.15) is 7.85 Å². The number of halogens is 1. The van der Waals surface area contributed by atoms with Gasteiger partial charge in [0.2, 0.25) is 0 Å². The van der Waals surface area contributed by atoms with Crippen molar-refractivity contribution >= 4 is 43.1 Å². The van der Waals surface area contributed by atoms with Gasteiger partial charge in [0, 0.05) is 8.17 Å². The summed E-state index contributed by atoms with van der Waals surface area (Å²) >= 11 is 8.01. The first-order valence-corrected chi connectivity index (χ1v) is 10.0. The molecule has 0 spiro atoms. The van der Waals surface area contributed by atoms with E-state index in [9.17, 15) is 0 Å². The maximum absolute atomic E-state index is 6.42. The number of hydrogen-bond acceptors (Lipinski definition) is 1.